The van der Waals surface area contributed by atoms with Crippen LogP contribution in [0.15, 0.2) is 24.3 Å². The Kier molecular flexibility index (Phi) is 4.34. The number of nitrogens with zero attached hydrogens (tertiary/aromatic N) is 1. The van der Waals surface area contributed by atoms with E-state index in [4.69, 9.17) is 4.74 Å². The van der Waals surface area contributed by atoms with E-state index in [1.54, 1.807) is 0 Å². The van der Waals surface area contributed by atoms with Crippen LogP contribution in [0.25, 0.3) is 0 Å². The number of ether oxygens (including phenoxy) is 1. The fourth-order valence-corrected chi connectivity index (χ4v) is 3.98. The highest BCUT2D eigenvalue weighted by atomic mass is 19.1. The minimum absolute atomic E-state index is 0.475. The van der Waals surface area contributed by atoms with Crippen LogP contribution in [0.3, 0.4) is 0 Å². The average molecular weight is 344 g/mol. The predicted octanol–water partition coefficient (Wildman–Crippen LogP) is 3.36. The molecule has 0 radical (unpaired) electrons. The van der Waals surface area contributed by atoms with Crippen molar-refractivity contribution in [1.82, 2.24) is 5.32 Å². The van der Waals surface area contributed by atoms with Gasteiger partial charge in [-0.3, -0.25) is 0 Å². The first-order chi connectivity index (χ1) is 12.1. The molecule has 0 fully saturated rings. The lowest BCUT2D eigenvalue weighted by Crippen LogP contribution is -2.33. The molecule has 2 aliphatic rings. The van der Waals surface area contributed by atoms with Gasteiger partial charge >= 0.3 is 0 Å². The largest absolute Gasteiger partial charge is 0.490 e. The molecule has 2 aromatic rings. The summed E-state index contributed by atoms with van der Waals surface area (Å²) in [6.45, 7) is 5.87. The summed E-state index contributed by atoms with van der Waals surface area (Å²) in [7, 11) is 0. The Balaban J connectivity index is 1.72. The van der Waals surface area contributed by atoms with E-state index >= 15 is 0 Å². The Hall–Kier alpha value is -2.14. The van der Waals surface area contributed by atoms with Gasteiger partial charge in [0, 0.05) is 12.6 Å². The third-order valence-corrected chi connectivity index (χ3v) is 5.09. The number of anilines is 1. The SMILES string of the molecule is Cc1c2c(cc3c1N(Cc1cc(F)cc(F)c1)CCO3)CCNCC2. The van der Waals surface area contributed by atoms with E-state index in [2.05, 4.69) is 23.2 Å². The summed E-state index contributed by atoms with van der Waals surface area (Å²) in [5.41, 5.74) is 5.66. The zero-order valence-electron chi connectivity index (χ0n) is 14.4. The minimum atomic E-state index is -0.534. The van der Waals surface area contributed by atoms with Crippen molar-refractivity contribution in [2.45, 2.75) is 26.3 Å². The highest BCUT2D eigenvalue weighted by Gasteiger charge is 2.25. The summed E-state index contributed by atoms with van der Waals surface area (Å²) in [4.78, 5) is 2.18. The van der Waals surface area contributed by atoms with Crippen LogP contribution in [0.4, 0.5) is 14.5 Å². The molecule has 2 aliphatic heterocycles. The molecule has 3 nitrogen and oxygen atoms in total. The molecule has 0 saturated carbocycles. The zero-order valence-corrected chi connectivity index (χ0v) is 14.4. The van der Waals surface area contributed by atoms with E-state index in [9.17, 15) is 8.78 Å². The molecule has 0 unspecified atom stereocenters. The first-order valence-corrected chi connectivity index (χ1v) is 8.80. The molecule has 1 N–H and O–H groups in total. The lowest BCUT2D eigenvalue weighted by molar-refractivity contribution is 0.306. The van der Waals surface area contributed by atoms with Gasteiger partial charge in [-0.25, -0.2) is 8.78 Å². The number of rotatable bonds is 2. The van der Waals surface area contributed by atoms with Gasteiger partial charge in [-0.05, 0) is 73.3 Å². The lowest BCUT2D eigenvalue weighted by Gasteiger charge is -2.34. The molecule has 0 amide bonds. The third kappa shape index (κ3) is 3.21. The smallest absolute Gasteiger partial charge is 0.143 e. The second-order valence-electron chi connectivity index (χ2n) is 6.78. The minimum Gasteiger partial charge on any atom is -0.490 e. The van der Waals surface area contributed by atoms with E-state index in [1.165, 1.54) is 28.8 Å². The Bertz CT molecular complexity index is 787. The van der Waals surface area contributed by atoms with Crippen molar-refractivity contribution >= 4 is 5.69 Å². The number of halogens is 2. The first-order valence-electron chi connectivity index (χ1n) is 8.80. The number of hydrogen-bond acceptors (Lipinski definition) is 3. The van der Waals surface area contributed by atoms with E-state index in [0.29, 0.717) is 25.3 Å². The Morgan fingerprint density at radius 2 is 1.84 bits per heavy atom. The van der Waals surface area contributed by atoms with Gasteiger partial charge in [0.05, 0.1) is 12.2 Å². The van der Waals surface area contributed by atoms with E-state index < -0.39 is 11.6 Å². The second-order valence-corrected chi connectivity index (χ2v) is 6.78. The molecule has 0 aliphatic carbocycles. The molecular formula is C20H22F2N2O. The van der Waals surface area contributed by atoms with Crippen molar-refractivity contribution in [2.24, 2.45) is 0 Å². The Morgan fingerprint density at radius 1 is 1.08 bits per heavy atom. The van der Waals surface area contributed by atoms with Gasteiger partial charge in [-0.2, -0.15) is 0 Å². The van der Waals surface area contributed by atoms with Crippen molar-refractivity contribution in [1.29, 1.82) is 0 Å². The molecule has 25 heavy (non-hydrogen) atoms. The highest BCUT2D eigenvalue weighted by molar-refractivity contribution is 5.69. The van der Waals surface area contributed by atoms with E-state index in [0.717, 1.165) is 43.4 Å². The lowest BCUT2D eigenvalue weighted by atomic mass is 9.94. The Labute approximate surface area is 146 Å². The quantitative estimate of drug-likeness (QED) is 0.904. The van der Waals surface area contributed by atoms with E-state index in [-0.39, 0.29) is 0 Å². The fourth-order valence-electron chi connectivity index (χ4n) is 3.98. The van der Waals surface area contributed by atoms with Crippen molar-refractivity contribution < 1.29 is 13.5 Å². The fraction of sp³-hybridized carbons (Fsp3) is 0.400. The van der Waals surface area contributed by atoms with Gasteiger partial charge in [0.25, 0.3) is 0 Å². The van der Waals surface area contributed by atoms with Gasteiger partial charge in [0.1, 0.15) is 24.0 Å². The van der Waals surface area contributed by atoms with E-state index in [1.807, 2.05) is 0 Å². The van der Waals surface area contributed by atoms with Crippen molar-refractivity contribution in [3.05, 3.63) is 58.2 Å². The van der Waals surface area contributed by atoms with Crippen molar-refractivity contribution in [3.8, 4) is 5.75 Å². The molecule has 5 heteroatoms. The molecular weight excluding hydrogens is 322 g/mol. The number of nitrogens with one attached hydrogen (secondary N) is 1. The van der Waals surface area contributed by atoms with Crippen LogP contribution >= 0.6 is 0 Å². The zero-order chi connectivity index (χ0) is 17.4. The maximum atomic E-state index is 13.5. The van der Waals surface area contributed by atoms with Crippen molar-refractivity contribution in [2.75, 3.05) is 31.1 Å². The third-order valence-electron chi connectivity index (χ3n) is 5.09. The van der Waals surface area contributed by atoms with Gasteiger partial charge in [0.15, 0.2) is 0 Å². The van der Waals surface area contributed by atoms with Crippen LogP contribution in [0.5, 0.6) is 5.75 Å². The normalized spacial score (nSPS) is 16.7. The summed E-state index contributed by atoms with van der Waals surface area (Å²) in [5.74, 6) is -0.178. The monoisotopic (exact) mass is 344 g/mol. The molecule has 2 heterocycles. The molecule has 0 bridgehead atoms. The first kappa shape index (κ1) is 16.3. The maximum absolute atomic E-state index is 13.5. The number of hydrogen-bond donors (Lipinski definition) is 1. The topological polar surface area (TPSA) is 24.5 Å². The van der Waals surface area contributed by atoms with Gasteiger partial charge < -0.3 is 15.0 Å². The summed E-state index contributed by atoms with van der Waals surface area (Å²) < 4.78 is 33.0. The molecule has 2 aromatic carbocycles. The van der Waals surface area contributed by atoms with Crippen LogP contribution in [-0.2, 0) is 19.4 Å². The molecule has 0 aromatic heterocycles. The Morgan fingerprint density at radius 3 is 2.64 bits per heavy atom. The molecule has 4 rings (SSSR count). The average Bonchev–Trinajstić information content (AvgIpc) is 2.79. The molecule has 0 saturated heterocycles. The van der Waals surface area contributed by atoms with Crippen LogP contribution in [0.2, 0.25) is 0 Å². The molecule has 132 valence electrons. The van der Waals surface area contributed by atoms with Crippen LogP contribution in [0, 0.1) is 18.6 Å². The summed E-state index contributed by atoms with van der Waals surface area (Å²) in [5, 5.41) is 3.44. The maximum Gasteiger partial charge on any atom is 0.143 e. The van der Waals surface area contributed by atoms with Crippen molar-refractivity contribution in [3.63, 3.8) is 0 Å². The molecule has 0 atom stereocenters. The molecule has 0 spiro atoms. The van der Waals surface area contributed by atoms with Crippen LogP contribution in [0.1, 0.15) is 22.3 Å². The summed E-state index contributed by atoms with van der Waals surface area (Å²) >= 11 is 0. The summed E-state index contributed by atoms with van der Waals surface area (Å²) in [6.07, 6.45) is 2.00. The number of fused-ring (bicyclic) bond motifs is 2. The van der Waals surface area contributed by atoms with Crippen LogP contribution in [-0.4, -0.2) is 26.2 Å². The van der Waals surface area contributed by atoms with Gasteiger partial charge in [0.2, 0.25) is 0 Å². The predicted molar refractivity (Wildman–Crippen MR) is 94.4 cm³/mol. The van der Waals surface area contributed by atoms with Gasteiger partial charge in [-0.15, -0.1) is 0 Å². The number of benzene rings is 2. The summed E-state index contributed by atoms with van der Waals surface area (Å²) in [6, 6.07) is 5.87. The highest BCUT2D eigenvalue weighted by Crippen LogP contribution is 2.40. The standard InChI is InChI=1S/C20H22F2N2O/c1-13-18-3-5-23-4-2-15(18)10-19-20(13)24(6-7-25-19)12-14-8-16(21)11-17(22)9-14/h8-11,23H,2-7,12H2,1H3. The second kappa shape index (κ2) is 6.64. The van der Waals surface area contributed by atoms with Gasteiger partial charge in [-0.1, -0.05) is 0 Å². The van der Waals surface area contributed by atoms with Crippen LogP contribution < -0.4 is 15.0 Å².